The van der Waals surface area contributed by atoms with Crippen LogP contribution in [-0.4, -0.2) is 27.5 Å². The average Bonchev–Trinajstić information content (AvgIpc) is 2.30. The zero-order chi connectivity index (χ0) is 14.4. The Balaban J connectivity index is 2.45. The first kappa shape index (κ1) is 14.4. The van der Waals surface area contributed by atoms with Gasteiger partial charge in [0.25, 0.3) is 0 Å². The summed E-state index contributed by atoms with van der Waals surface area (Å²) in [6, 6.07) is -0.994. The minimum atomic E-state index is -1.45. The number of Topliss-reactive ketones (excluding diaryl/α,β-unsaturated/α-hetero) is 1. The molecule has 108 valence electrons. The fraction of sp³-hybridized carbons (Fsp3) is 0.929. The predicted molar refractivity (Wildman–Crippen MR) is 70.2 cm³/mol. The van der Waals surface area contributed by atoms with E-state index in [1.165, 1.54) is 0 Å². The fourth-order valence-electron chi connectivity index (χ4n) is 4.18. The molecule has 2 rings (SSSR count). The first-order chi connectivity index (χ1) is 8.80. The molecule has 0 aliphatic heterocycles. The SMILES string of the molecule is CC(C)[C@@H]1CC[C@@H](C)[C@@]2(O)[C@H]1C(=O)CC[C@H]2[N+](=O)[O-]. The van der Waals surface area contributed by atoms with Crippen LogP contribution in [0.2, 0.25) is 0 Å². The Hall–Kier alpha value is -0.970. The maximum absolute atomic E-state index is 12.3. The molecule has 1 N–H and O–H groups in total. The highest BCUT2D eigenvalue weighted by molar-refractivity contribution is 5.84. The lowest BCUT2D eigenvalue weighted by Crippen LogP contribution is -2.65. The van der Waals surface area contributed by atoms with Crippen LogP contribution >= 0.6 is 0 Å². The number of nitro groups is 1. The second-order valence-electron chi connectivity index (χ2n) is 6.56. The molecule has 2 fully saturated rings. The van der Waals surface area contributed by atoms with Gasteiger partial charge in [0.1, 0.15) is 11.4 Å². The van der Waals surface area contributed by atoms with Crippen LogP contribution in [0.3, 0.4) is 0 Å². The molecule has 2 saturated carbocycles. The van der Waals surface area contributed by atoms with E-state index in [2.05, 4.69) is 0 Å². The van der Waals surface area contributed by atoms with E-state index < -0.39 is 17.6 Å². The summed E-state index contributed by atoms with van der Waals surface area (Å²) < 4.78 is 0. The van der Waals surface area contributed by atoms with Gasteiger partial charge in [0.2, 0.25) is 6.04 Å². The second-order valence-corrected chi connectivity index (χ2v) is 6.56. The van der Waals surface area contributed by atoms with Crippen molar-refractivity contribution >= 4 is 5.78 Å². The minimum Gasteiger partial charge on any atom is -0.382 e. The summed E-state index contributed by atoms with van der Waals surface area (Å²) in [5.41, 5.74) is -1.45. The van der Waals surface area contributed by atoms with Gasteiger partial charge < -0.3 is 5.11 Å². The third kappa shape index (κ3) is 2.08. The summed E-state index contributed by atoms with van der Waals surface area (Å²) in [4.78, 5) is 23.2. The normalized spacial score (nSPS) is 43.1. The van der Waals surface area contributed by atoms with Gasteiger partial charge in [0, 0.05) is 17.8 Å². The summed E-state index contributed by atoms with van der Waals surface area (Å²) >= 11 is 0. The van der Waals surface area contributed by atoms with Gasteiger partial charge in [0.05, 0.1) is 5.92 Å². The molecular weight excluding hydrogens is 246 g/mol. The molecule has 0 unspecified atom stereocenters. The van der Waals surface area contributed by atoms with Gasteiger partial charge in [-0.1, -0.05) is 20.8 Å². The van der Waals surface area contributed by atoms with Gasteiger partial charge in [-0.2, -0.15) is 0 Å². The average molecular weight is 269 g/mol. The Morgan fingerprint density at radius 1 is 1.37 bits per heavy atom. The molecule has 0 saturated heterocycles. The van der Waals surface area contributed by atoms with Gasteiger partial charge in [-0.15, -0.1) is 0 Å². The lowest BCUT2D eigenvalue weighted by atomic mass is 9.54. The molecule has 0 bridgehead atoms. The Morgan fingerprint density at radius 3 is 2.53 bits per heavy atom. The number of carbonyl (C=O) groups is 1. The monoisotopic (exact) mass is 269 g/mol. The molecule has 2 aliphatic carbocycles. The molecule has 0 aromatic heterocycles. The summed E-state index contributed by atoms with van der Waals surface area (Å²) in [7, 11) is 0. The molecule has 0 amide bonds. The topological polar surface area (TPSA) is 80.4 Å². The molecule has 0 spiro atoms. The highest BCUT2D eigenvalue weighted by Crippen LogP contribution is 2.50. The van der Waals surface area contributed by atoms with E-state index in [0.29, 0.717) is 0 Å². The van der Waals surface area contributed by atoms with E-state index in [-0.39, 0.29) is 41.3 Å². The van der Waals surface area contributed by atoms with E-state index in [0.717, 1.165) is 12.8 Å². The van der Waals surface area contributed by atoms with E-state index in [1.54, 1.807) is 0 Å². The first-order valence-electron chi connectivity index (χ1n) is 7.18. The van der Waals surface area contributed by atoms with Crippen molar-refractivity contribution in [2.45, 2.75) is 58.1 Å². The van der Waals surface area contributed by atoms with Gasteiger partial charge in [-0.05, 0) is 30.6 Å². The van der Waals surface area contributed by atoms with Crippen LogP contribution in [0.4, 0.5) is 0 Å². The third-order valence-electron chi connectivity index (χ3n) is 5.30. The highest BCUT2D eigenvalue weighted by Gasteiger charge is 2.63. The van der Waals surface area contributed by atoms with Crippen LogP contribution in [0.25, 0.3) is 0 Å². The van der Waals surface area contributed by atoms with Crippen LogP contribution in [0.5, 0.6) is 0 Å². The number of ketones is 1. The van der Waals surface area contributed by atoms with E-state index in [1.807, 2.05) is 20.8 Å². The smallest absolute Gasteiger partial charge is 0.242 e. The fourth-order valence-corrected chi connectivity index (χ4v) is 4.18. The number of rotatable bonds is 2. The second kappa shape index (κ2) is 4.85. The maximum Gasteiger partial charge on any atom is 0.242 e. The van der Waals surface area contributed by atoms with Crippen LogP contribution in [-0.2, 0) is 4.79 Å². The van der Waals surface area contributed by atoms with Crippen molar-refractivity contribution in [3.63, 3.8) is 0 Å². The van der Waals surface area contributed by atoms with Crippen molar-refractivity contribution in [2.75, 3.05) is 0 Å². The Bertz CT molecular complexity index is 395. The molecular formula is C14H23NO4. The quantitative estimate of drug-likeness (QED) is 0.614. The van der Waals surface area contributed by atoms with Crippen molar-refractivity contribution in [3.05, 3.63) is 10.1 Å². The van der Waals surface area contributed by atoms with E-state index in [4.69, 9.17) is 0 Å². The summed E-state index contributed by atoms with van der Waals surface area (Å²) in [6.45, 7) is 5.91. The first-order valence-corrected chi connectivity index (χ1v) is 7.18. The summed E-state index contributed by atoms with van der Waals surface area (Å²) in [6.07, 6.45) is 2.04. The van der Waals surface area contributed by atoms with E-state index >= 15 is 0 Å². The number of hydrogen-bond acceptors (Lipinski definition) is 4. The van der Waals surface area contributed by atoms with Gasteiger partial charge in [-0.25, -0.2) is 0 Å². The molecule has 2 aliphatic rings. The molecule has 0 heterocycles. The zero-order valence-corrected chi connectivity index (χ0v) is 11.8. The van der Waals surface area contributed by atoms with Gasteiger partial charge in [-0.3, -0.25) is 14.9 Å². The van der Waals surface area contributed by atoms with Crippen LogP contribution < -0.4 is 0 Å². The van der Waals surface area contributed by atoms with Crippen molar-refractivity contribution in [1.29, 1.82) is 0 Å². The molecule has 0 aromatic rings. The van der Waals surface area contributed by atoms with Crippen molar-refractivity contribution in [3.8, 4) is 0 Å². The van der Waals surface area contributed by atoms with Gasteiger partial charge >= 0.3 is 0 Å². The highest BCUT2D eigenvalue weighted by atomic mass is 16.6. The molecule has 0 aromatic carbocycles. The van der Waals surface area contributed by atoms with Crippen LogP contribution in [0.15, 0.2) is 0 Å². The van der Waals surface area contributed by atoms with Crippen molar-refractivity contribution < 1.29 is 14.8 Å². The number of aliphatic hydroxyl groups is 1. The molecule has 5 heteroatoms. The number of fused-ring (bicyclic) bond motifs is 1. The van der Waals surface area contributed by atoms with Crippen molar-refractivity contribution in [2.24, 2.45) is 23.7 Å². The Kier molecular flexibility index (Phi) is 3.69. The minimum absolute atomic E-state index is 0.0193. The summed E-state index contributed by atoms with van der Waals surface area (Å²) in [5, 5.41) is 22.3. The predicted octanol–water partition coefficient (Wildman–Crippen LogP) is 2.04. The largest absolute Gasteiger partial charge is 0.382 e. The molecule has 19 heavy (non-hydrogen) atoms. The number of carbonyl (C=O) groups excluding carboxylic acids is 1. The standard InChI is InChI=1S/C14H23NO4/c1-8(2)10-5-4-9(3)14(17)12(15(18)19)7-6-11(16)13(10)14/h8-10,12-13,17H,4-7H2,1-3H3/t9-,10+,12-,13-,14+/m1/s1. The molecule has 5 atom stereocenters. The molecule has 5 nitrogen and oxygen atoms in total. The number of hydrogen-bond donors (Lipinski definition) is 1. The molecule has 0 radical (unpaired) electrons. The lowest BCUT2D eigenvalue weighted by molar-refractivity contribution is -0.555. The van der Waals surface area contributed by atoms with Crippen LogP contribution in [0, 0.1) is 33.8 Å². The lowest BCUT2D eigenvalue weighted by Gasteiger charge is -2.51. The van der Waals surface area contributed by atoms with Crippen molar-refractivity contribution in [1.82, 2.24) is 0 Å². The number of nitrogens with zero attached hydrogens (tertiary/aromatic N) is 1. The van der Waals surface area contributed by atoms with E-state index in [9.17, 15) is 20.0 Å². The maximum atomic E-state index is 12.3. The van der Waals surface area contributed by atoms with Gasteiger partial charge in [0.15, 0.2) is 0 Å². The third-order valence-corrected chi connectivity index (χ3v) is 5.30. The Labute approximate surface area is 113 Å². The Morgan fingerprint density at radius 2 is 2.00 bits per heavy atom. The zero-order valence-electron chi connectivity index (χ0n) is 11.8. The summed E-state index contributed by atoms with van der Waals surface area (Å²) in [5.74, 6) is -0.395. The van der Waals surface area contributed by atoms with Crippen LogP contribution in [0.1, 0.15) is 46.5 Å².